The van der Waals surface area contributed by atoms with Crippen molar-refractivity contribution in [2.24, 2.45) is 51.8 Å². The Labute approximate surface area is 205 Å². The van der Waals surface area contributed by atoms with E-state index in [-0.39, 0.29) is 5.60 Å². The normalized spacial score (nSPS) is 55.5. The topological polar surface area (TPSA) is 20.2 Å². The van der Waals surface area contributed by atoms with E-state index in [4.69, 9.17) is 0 Å². The van der Waals surface area contributed by atoms with Crippen molar-refractivity contribution in [1.82, 2.24) is 0 Å². The van der Waals surface area contributed by atoms with Gasteiger partial charge in [0, 0.05) is 0 Å². The molecule has 9 atom stereocenters. The Hall–Kier alpha value is -0.0400. The van der Waals surface area contributed by atoms with Crippen LogP contribution in [0.15, 0.2) is 0 Å². The van der Waals surface area contributed by atoms with Gasteiger partial charge in [0.2, 0.25) is 0 Å². The third-order valence-corrected chi connectivity index (χ3v) is 13.7. The molecule has 0 aromatic rings. The molecule has 0 saturated heterocycles. The Morgan fingerprint density at radius 1 is 0.576 bits per heavy atom. The minimum atomic E-state index is -0.341. The SMILES string of the molecule is CC1(C2CCCCCCC2)CCCC2CC3(C)CC4(O)CCC(C)(C5CCCC3C4C5)C2C1. The summed E-state index contributed by atoms with van der Waals surface area (Å²) in [7, 11) is 0. The van der Waals surface area contributed by atoms with E-state index in [0.717, 1.165) is 42.4 Å². The zero-order valence-corrected chi connectivity index (χ0v) is 22.3. The summed E-state index contributed by atoms with van der Waals surface area (Å²) in [5.74, 6) is 5.06. The number of rotatable bonds is 1. The molecule has 9 unspecified atom stereocenters. The van der Waals surface area contributed by atoms with Gasteiger partial charge >= 0.3 is 0 Å². The van der Waals surface area contributed by atoms with E-state index in [9.17, 15) is 5.11 Å². The summed E-state index contributed by atoms with van der Waals surface area (Å²) >= 11 is 0. The van der Waals surface area contributed by atoms with Crippen molar-refractivity contribution < 1.29 is 5.11 Å². The van der Waals surface area contributed by atoms with Crippen molar-refractivity contribution in [3.8, 4) is 0 Å². The fraction of sp³-hybridized carbons (Fsp3) is 1.00. The summed E-state index contributed by atoms with van der Waals surface area (Å²) in [5, 5.41) is 12.1. The highest BCUT2D eigenvalue weighted by molar-refractivity contribution is 5.15. The predicted octanol–water partition coefficient (Wildman–Crippen LogP) is 8.93. The molecule has 7 aliphatic rings. The molecule has 0 radical (unpaired) electrons. The molecule has 0 heterocycles. The van der Waals surface area contributed by atoms with Crippen LogP contribution in [0.1, 0.15) is 143 Å². The molecule has 0 amide bonds. The van der Waals surface area contributed by atoms with E-state index in [2.05, 4.69) is 20.8 Å². The molecule has 188 valence electrons. The average molecular weight is 455 g/mol. The molecule has 6 bridgehead atoms. The van der Waals surface area contributed by atoms with Gasteiger partial charge in [0.15, 0.2) is 0 Å². The molecule has 33 heavy (non-hydrogen) atoms. The Morgan fingerprint density at radius 2 is 1.30 bits per heavy atom. The van der Waals surface area contributed by atoms with Crippen LogP contribution in [0.5, 0.6) is 0 Å². The fourth-order valence-electron chi connectivity index (χ4n) is 11.9. The number of hydrogen-bond donors (Lipinski definition) is 1. The van der Waals surface area contributed by atoms with Gasteiger partial charge in [0.25, 0.3) is 0 Å². The lowest BCUT2D eigenvalue weighted by Crippen LogP contribution is -2.43. The standard InChI is InChI=1S/C32H54O/c1-29(24-12-7-5-4-6-8-13-24)16-10-11-23-20-30(2)22-32(33)18-17-31(3,28(23)21-29)25-14-9-15-26(30)27(32)19-25/h23-28,33H,4-22H2,1-3H3. The van der Waals surface area contributed by atoms with Crippen molar-refractivity contribution in [3.05, 3.63) is 0 Å². The van der Waals surface area contributed by atoms with Gasteiger partial charge in [0.1, 0.15) is 0 Å². The third kappa shape index (κ3) is 3.71. The minimum Gasteiger partial charge on any atom is -0.390 e. The van der Waals surface area contributed by atoms with Crippen LogP contribution in [0, 0.1) is 51.8 Å². The maximum absolute atomic E-state index is 12.1. The van der Waals surface area contributed by atoms with E-state index in [0.29, 0.717) is 22.2 Å². The van der Waals surface area contributed by atoms with E-state index < -0.39 is 0 Å². The number of fused-ring (bicyclic) bond motifs is 1. The summed E-state index contributed by atoms with van der Waals surface area (Å²) in [4.78, 5) is 0. The maximum atomic E-state index is 12.1. The minimum absolute atomic E-state index is 0.341. The Morgan fingerprint density at radius 3 is 2.09 bits per heavy atom. The fourth-order valence-corrected chi connectivity index (χ4v) is 11.9. The molecule has 0 spiro atoms. The highest BCUT2D eigenvalue weighted by atomic mass is 16.3. The lowest BCUT2D eigenvalue weighted by molar-refractivity contribution is -0.0191. The van der Waals surface area contributed by atoms with Crippen LogP contribution in [0.3, 0.4) is 0 Å². The molecule has 1 N–H and O–H groups in total. The lowest BCUT2D eigenvalue weighted by Gasteiger charge is -2.51. The molecule has 7 fully saturated rings. The zero-order valence-electron chi connectivity index (χ0n) is 22.3. The van der Waals surface area contributed by atoms with Crippen molar-refractivity contribution in [1.29, 1.82) is 0 Å². The molecule has 0 aromatic heterocycles. The molecule has 0 aromatic carbocycles. The average Bonchev–Trinajstić information content (AvgIpc) is 2.98. The van der Waals surface area contributed by atoms with Crippen LogP contribution >= 0.6 is 0 Å². The van der Waals surface area contributed by atoms with Crippen molar-refractivity contribution in [3.63, 3.8) is 0 Å². The zero-order chi connectivity index (χ0) is 22.9. The predicted molar refractivity (Wildman–Crippen MR) is 138 cm³/mol. The molecular weight excluding hydrogens is 400 g/mol. The van der Waals surface area contributed by atoms with Crippen LogP contribution in [0.2, 0.25) is 0 Å². The van der Waals surface area contributed by atoms with Gasteiger partial charge in [-0.2, -0.15) is 0 Å². The van der Waals surface area contributed by atoms with E-state index in [1.807, 2.05) is 0 Å². The van der Waals surface area contributed by atoms with Gasteiger partial charge in [-0.3, -0.25) is 0 Å². The molecule has 1 nitrogen and oxygen atoms in total. The highest BCUT2D eigenvalue weighted by Gasteiger charge is 2.65. The van der Waals surface area contributed by atoms with Gasteiger partial charge in [-0.1, -0.05) is 72.1 Å². The Bertz CT molecular complexity index is 722. The smallest absolute Gasteiger partial charge is 0.0684 e. The number of hydrogen-bond acceptors (Lipinski definition) is 1. The van der Waals surface area contributed by atoms with Gasteiger partial charge < -0.3 is 5.11 Å². The van der Waals surface area contributed by atoms with Crippen molar-refractivity contribution >= 4 is 0 Å². The number of aliphatic hydroxyl groups is 1. The summed E-state index contributed by atoms with van der Waals surface area (Å²) in [6, 6.07) is 0. The van der Waals surface area contributed by atoms with Gasteiger partial charge in [-0.25, -0.2) is 0 Å². The van der Waals surface area contributed by atoms with Crippen LogP contribution in [0.25, 0.3) is 0 Å². The first-order valence-electron chi connectivity index (χ1n) is 15.5. The van der Waals surface area contributed by atoms with Gasteiger partial charge in [0.05, 0.1) is 5.60 Å². The second kappa shape index (κ2) is 8.24. The van der Waals surface area contributed by atoms with Crippen LogP contribution in [-0.2, 0) is 0 Å². The summed E-state index contributed by atoms with van der Waals surface area (Å²) in [6.45, 7) is 8.17. The molecule has 1 heteroatoms. The summed E-state index contributed by atoms with van der Waals surface area (Å²) in [5.41, 5.74) is 1.08. The first kappa shape index (κ1) is 23.4. The van der Waals surface area contributed by atoms with Gasteiger partial charge in [-0.05, 0) is 122 Å². The second-order valence-corrected chi connectivity index (χ2v) is 15.4. The van der Waals surface area contributed by atoms with Crippen molar-refractivity contribution in [2.75, 3.05) is 0 Å². The van der Waals surface area contributed by atoms with Crippen LogP contribution in [0.4, 0.5) is 0 Å². The van der Waals surface area contributed by atoms with Crippen LogP contribution < -0.4 is 0 Å². The van der Waals surface area contributed by atoms with Crippen molar-refractivity contribution in [2.45, 2.75) is 148 Å². The van der Waals surface area contributed by atoms with Gasteiger partial charge in [-0.15, -0.1) is 0 Å². The first-order valence-corrected chi connectivity index (χ1v) is 15.5. The second-order valence-electron chi connectivity index (χ2n) is 15.4. The molecule has 0 aliphatic heterocycles. The lowest BCUT2D eigenvalue weighted by atomic mass is 9.54. The monoisotopic (exact) mass is 454 g/mol. The highest BCUT2D eigenvalue weighted by Crippen LogP contribution is 2.70. The molecule has 7 saturated carbocycles. The third-order valence-electron chi connectivity index (χ3n) is 13.7. The largest absolute Gasteiger partial charge is 0.390 e. The Balaban J connectivity index is 1.40. The molecule has 7 rings (SSSR count). The Kier molecular flexibility index (Phi) is 5.84. The van der Waals surface area contributed by atoms with E-state index in [1.54, 1.807) is 0 Å². The van der Waals surface area contributed by atoms with E-state index >= 15 is 0 Å². The first-order chi connectivity index (χ1) is 15.8. The molecular formula is C32H54O. The van der Waals surface area contributed by atoms with E-state index in [1.165, 1.54) is 109 Å². The van der Waals surface area contributed by atoms with Crippen LogP contribution in [-0.4, -0.2) is 10.7 Å². The quantitative estimate of drug-likeness (QED) is 0.419. The summed E-state index contributed by atoms with van der Waals surface area (Å²) in [6.07, 6.45) is 27.1. The summed E-state index contributed by atoms with van der Waals surface area (Å²) < 4.78 is 0. The molecule has 7 aliphatic carbocycles. The maximum Gasteiger partial charge on any atom is 0.0684 e.